The van der Waals surface area contributed by atoms with E-state index in [1.807, 2.05) is 0 Å². The Balaban J connectivity index is 4.74. The van der Waals surface area contributed by atoms with Crippen molar-refractivity contribution in [2.75, 3.05) is 13.2 Å². The lowest BCUT2D eigenvalue weighted by atomic mass is 10.3. The molecule has 48 heavy (non-hydrogen) atoms. The van der Waals surface area contributed by atoms with Gasteiger partial charge in [-0.15, -0.1) is 0 Å². The molecule has 0 radical (unpaired) electrons. The van der Waals surface area contributed by atoms with Crippen molar-refractivity contribution in [3.05, 3.63) is 12.7 Å². The summed E-state index contributed by atoms with van der Waals surface area (Å²) in [5.41, 5.74) is 0. The largest absolute Gasteiger partial charge is 0.459 e. The lowest BCUT2D eigenvalue weighted by Gasteiger charge is -2.21. The fraction of sp³-hybridized carbons (Fsp3) is 0.621. The van der Waals surface area contributed by atoms with Crippen LogP contribution in [0.5, 0.6) is 0 Å². The van der Waals surface area contributed by atoms with Gasteiger partial charge in [-0.1, -0.05) is 6.58 Å². The highest BCUT2D eigenvalue weighted by atomic mass is 16.7. The number of carbonyl (C=O) groups excluding carboxylic acids is 9. The van der Waals surface area contributed by atoms with Crippen molar-refractivity contribution in [1.82, 2.24) is 0 Å². The molecule has 0 aromatic heterocycles. The molecule has 0 saturated heterocycles. The zero-order valence-electron chi connectivity index (χ0n) is 27.6. The van der Waals surface area contributed by atoms with Gasteiger partial charge < -0.3 is 47.7 Å². The predicted molar refractivity (Wildman–Crippen MR) is 153 cm³/mol. The van der Waals surface area contributed by atoms with Gasteiger partial charge in [0.1, 0.15) is 19.3 Å². The van der Waals surface area contributed by atoms with Crippen LogP contribution in [-0.4, -0.2) is 121 Å². The number of hydrogen-bond donors (Lipinski definition) is 1. The highest BCUT2D eigenvalue weighted by Crippen LogP contribution is 2.09. The molecular weight excluding hydrogens is 652 g/mol. The molecular formula is C29H40O19. The molecule has 19 heteroatoms. The fourth-order valence-corrected chi connectivity index (χ4v) is 2.69. The molecule has 0 saturated carbocycles. The van der Waals surface area contributed by atoms with Crippen molar-refractivity contribution >= 4 is 53.7 Å². The van der Waals surface area contributed by atoms with Gasteiger partial charge in [0.05, 0.1) is 0 Å². The van der Waals surface area contributed by atoms with Gasteiger partial charge in [-0.05, 0) is 55.4 Å². The minimum atomic E-state index is -1.62. The summed E-state index contributed by atoms with van der Waals surface area (Å²) in [4.78, 5) is 108. The van der Waals surface area contributed by atoms with E-state index in [2.05, 4.69) is 16.1 Å². The molecule has 0 bridgehead atoms. The van der Waals surface area contributed by atoms with E-state index in [0.29, 0.717) is 0 Å². The first-order valence-corrected chi connectivity index (χ1v) is 14.3. The quantitative estimate of drug-likeness (QED) is 0.0749. The number of aliphatic hydroxyl groups excluding tert-OH is 1. The Morgan fingerprint density at radius 2 is 0.667 bits per heavy atom. The molecule has 0 aromatic carbocycles. The van der Waals surface area contributed by atoms with Crippen molar-refractivity contribution in [2.45, 2.75) is 104 Å². The summed E-state index contributed by atoms with van der Waals surface area (Å²) in [7, 11) is 0. The van der Waals surface area contributed by atoms with E-state index in [0.717, 1.165) is 54.5 Å². The molecule has 0 aliphatic rings. The van der Waals surface area contributed by atoms with Crippen molar-refractivity contribution in [1.29, 1.82) is 0 Å². The average Bonchev–Trinajstić information content (AvgIpc) is 3.01. The van der Waals surface area contributed by atoms with Crippen molar-refractivity contribution < 1.29 is 90.9 Å². The smallest absolute Gasteiger partial charge is 0.347 e. The molecule has 0 aromatic rings. The second-order valence-electron chi connectivity index (χ2n) is 9.77. The molecule has 0 fully saturated rings. The normalized spacial score (nSPS) is 15.5. The number of rotatable bonds is 19. The van der Waals surface area contributed by atoms with Gasteiger partial charge in [0.2, 0.25) is 0 Å². The average molecular weight is 693 g/mol. The third-order valence-corrected chi connectivity index (χ3v) is 5.45. The monoisotopic (exact) mass is 692 g/mol. The van der Waals surface area contributed by atoms with Gasteiger partial charge in [0, 0.05) is 6.08 Å². The summed E-state index contributed by atoms with van der Waals surface area (Å²) in [6.07, 6.45) is -11.4. The molecule has 1 N–H and O–H groups in total. The summed E-state index contributed by atoms with van der Waals surface area (Å²) in [6.45, 7) is 11.5. The Morgan fingerprint density at radius 1 is 0.438 bits per heavy atom. The lowest BCUT2D eigenvalue weighted by molar-refractivity contribution is -0.189. The molecule has 0 aliphatic heterocycles. The second-order valence-corrected chi connectivity index (χ2v) is 9.77. The molecule has 0 rings (SSSR count). The first kappa shape index (κ1) is 42.9. The summed E-state index contributed by atoms with van der Waals surface area (Å²) < 4.78 is 43.2. The minimum Gasteiger partial charge on any atom is -0.459 e. The first-order chi connectivity index (χ1) is 22.2. The van der Waals surface area contributed by atoms with Gasteiger partial charge in [-0.3, -0.25) is 0 Å². The van der Waals surface area contributed by atoms with Gasteiger partial charge >= 0.3 is 53.7 Å². The number of esters is 9. The summed E-state index contributed by atoms with van der Waals surface area (Å²) >= 11 is 0. The maximum absolute atomic E-state index is 12.4. The standard InChI is InChI=1S/C29H40O19/c1-10-21(31)40-11-12-41-23(33)14(3)43-25(35)16(5)45-27(37)18(7)47-29(39)20(9)48-28(38)19(8)46-26(36)17(6)44-24(34)15(4)42-22(32)13(2)30/h10,13-20,30H,1,11-12H2,2-9H3. The van der Waals surface area contributed by atoms with Crippen LogP contribution in [0.1, 0.15) is 55.4 Å². The van der Waals surface area contributed by atoms with Crippen LogP contribution in [0.25, 0.3) is 0 Å². The van der Waals surface area contributed by atoms with Crippen molar-refractivity contribution in [2.24, 2.45) is 0 Å². The number of hydrogen-bond acceptors (Lipinski definition) is 19. The molecule has 8 atom stereocenters. The van der Waals surface area contributed by atoms with Crippen molar-refractivity contribution in [3.8, 4) is 0 Å². The summed E-state index contributed by atoms with van der Waals surface area (Å²) in [6, 6.07) is 0. The van der Waals surface area contributed by atoms with Gasteiger partial charge in [0.25, 0.3) is 0 Å². The van der Waals surface area contributed by atoms with E-state index in [1.54, 1.807) is 0 Å². The molecule has 19 nitrogen and oxygen atoms in total. The molecule has 0 aliphatic carbocycles. The fourth-order valence-electron chi connectivity index (χ4n) is 2.69. The van der Waals surface area contributed by atoms with Crippen LogP contribution < -0.4 is 0 Å². The number of aliphatic hydroxyl groups is 1. The van der Waals surface area contributed by atoms with Crippen LogP contribution in [0, 0.1) is 0 Å². The molecule has 270 valence electrons. The zero-order chi connectivity index (χ0) is 37.3. The highest BCUT2D eigenvalue weighted by Gasteiger charge is 2.33. The predicted octanol–water partition coefficient (Wildman–Crippen LogP) is -0.838. The molecule has 8 unspecified atom stereocenters. The number of carbonyl (C=O) groups is 9. The van der Waals surface area contributed by atoms with E-state index in [-0.39, 0.29) is 13.2 Å². The van der Waals surface area contributed by atoms with E-state index in [9.17, 15) is 43.2 Å². The van der Waals surface area contributed by atoms with Crippen molar-refractivity contribution in [3.63, 3.8) is 0 Å². The van der Waals surface area contributed by atoms with E-state index < -0.39 is 103 Å². The highest BCUT2D eigenvalue weighted by molar-refractivity contribution is 5.87. The maximum atomic E-state index is 12.4. The molecule has 0 spiro atoms. The Morgan fingerprint density at radius 3 is 0.917 bits per heavy atom. The van der Waals surface area contributed by atoms with Gasteiger partial charge in [-0.2, -0.15) is 0 Å². The number of ether oxygens (including phenoxy) is 9. The Kier molecular flexibility index (Phi) is 18.7. The second kappa shape index (κ2) is 20.9. The van der Waals surface area contributed by atoms with Crippen LogP contribution in [0.2, 0.25) is 0 Å². The van der Waals surface area contributed by atoms with E-state index >= 15 is 0 Å². The SMILES string of the molecule is C=CC(=O)OCCOC(=O)C(C)OC(=O)C(C)OC(=O)C(C)OC(=O)C(C)OC(=O)C(C)OC(=O)C(C)OC(=O)C(C)OC(=O)C(C)O. The van der Waals surface area contributed by atoms with Crippen LogP contribution in [-0.2, 0) is 85.8 Å². The Hall–Kier alpha value is -5.07. The molecule has 0 heterocycles. The maximum Gasteiger partial charge on any atom is 0.347 e. The summed E-state index contributed by atoms with van der Waals surface area (Å²) in [5.74, 6) is -9.94. The van der Waals surface area contributed by atoms with Gasteiger partial charge in [-0.25, -0.2) is 43.2 Å². The topological polar surface area (TPSA) is 257 Å². The van der Waals surface area contributed by atoms with Crippen LogP contribution >= 0.6 is 0 Å². The lowest BCUT2D eigenvalue weighted by Crippen LogP contribution is -2.39. The summed E-state index contributed by atoms with van der Waals surface area (Å²) in [5, 5.41) is 9.13. The van der Waals surface area contributed by atoms with Crippen LogP contribution in [0.3, 0.4) is 0 Å². The third-order valence-electron chi connectivity index (χ3n) is 5.45. The zero-order valence-corrected chi connectivity index (χ0v) is 27.6. The Labute approximate surface area is 275 Å². The Bertz CT molecular complexity index is 1210. The third kappa shape index (κ3) is 16.0. The first-order valence-electron chi connectivity index (χ1n) is 14.3. The molecule has 0 amide bonds. The van der Waals surface area contributed by atoms with Crippen LogP contribution in [0.4, 0.5) is 0 Å². The van der Waals surface area contributed by atoms with E-state index in [1.165, 1.54) is 6.92 Å². The van der Waals surface area contributed by atoms with Crippen LogP contribution in [0.15, 0.2) is 12.7 Å². The minimum absolute atomic E-state index is 0.265. The van der Waals surface area contributed by atoms with E-state index in [4.69, 9.17) is 38.3 Å². The van der Waals surface area contributed by atoms with Gasteiger partial charge in [0.15, 0.2) is 42.7 Å².